The van der Waals surface area contributed by atoms with Crippen molar-refractivity contribution in [3.63, 3.8) is 0 Å². The summed E-state index contributed by atoms with van der Waals surface area (Å²) in [5.74, 6) is -1.89. The van der Waals surface area contributed by atoms with Crippen LogP contribution in [0.2, 0.25) is 0 Å². The molecule has 3 aromatic rings. The number of imide groups is 3. The van der Waals surface area contributed by atoms with Gasteiger partial charge in [-0.05, 0) is 99.2 Å². The highest BCUT2D eigenvalue weighted by Gasteiger charge is 2.54. The van der Waals surface area contributed by atoms with E-state index in [1.807, 2.05) is 25.1 Å². The largest absolute Gasteiger partial charge is 0.494 e. The SMILES string of the molecule is Cc1ccc(N2C(=O)N(c3ccc(OCCCOCCOCCOCCNc4cccc5c4C(=O)N(C4(C)CCC(=O)NC4=O)C5=O)cc3)C(C)(C)C2=O)cc1C(C)(C)C. The number of urea groups is 1. The molecule has 0 saturated carbocycles. The van der Waals surface area contributed by atoms with E-state index in [9.17, 15) is 28.8 Å². The van der Waals surface area contributed by atoms with Gasteiger partial charge in [-0.15, -0.1) is 0 Å². The summed E-state index contributed by atoms with van der Waals surface area (Å²) in [6.45, 7) is 16.5. The Balaban J connectivity index is 0.840. The fourth-order valence-corrected chi connectivity index (χ4v) is 7.74. The second-order valence-electron chi connectivity index (χ2n) is 16.9. The number of carbonyl (C=O) groups is 6. The molecule has 3 aliphatic heterocycles. The van der Waals surface area contributed by atoms with Crippen LogP contribution in [0.25, 0.3) is 0 Å². The van der Waals surface area contributed by atoms with E-state index >= 15 is 0 Å². The van der Waals surface area contributed by atoms with Crippen molar-refractivity contribution < 1.29 is 47.7 Å². The molecule has 7 amide bonds. The standard InChI is InChI=1S/C45H55N5O10/c1-29-12-13-31(28-34(29)43(2,3)4)48-41(55)44(5,6)49(42(48)56)30-14-16-32(17-15-30)60-22-9-21-57-24-26-59-27-25-58-23-20-46-35-11-8-10-33-37(35)39(53)50(38(33)52)45(7)19-18-36(51)47-40(45)54/h8,10-17,28,46H,9,18-27H2,1-7H3,(H,47,51,54). The average molecular weight is 826 g/mol. The third kappa shape index (κ3) is 8.93. The fraction of sp³-hybridized carbons (Fsp3) is 0.467. The van der Waals surface area contributed by atoms with Gasteiger partial charge in [-0.2, -0.15) is 0 Å². The van der Waals surface area contributed by atoms with Crippen LogP contribution >= 0.6 is 0 Å². The van der Waals surface area contributed by atoms with Gasteiger partial charge in [0.15, 0.2) is 0 Å². The molecule has 0 aromatic heterocycles. The van der Waals surface area contributed by atoms with Crippen molar-refractivity contribution in [2.75, 3.05) is 67.9 Å². The van der Waals surface area contributed by atoms with Gasteiger partial charge in [-0.25, -0.2) is 9.69 Å². The molecule has 320 valence electrons. The molecule has 0 bridgehead atoms. The zero-order valence-corrected chi connectivity index (χ0v) is 35.5. The predicted molar refractivity (Wildman–Crippen MR) is 225 cm³/mol. The van der Waals surface area contributed by atoms with Gasteiger partial charge in [0.1, 0.15) is 16.8 Å². The second kappa shape index (κ2) is 17.9. The first-order valence-electron chi connectivity index (χ1n) is 20.3. The van der Waals surface area contributed by atoms with Crippen LogP contribution in [-0.4, -0.2) is 104 Å². The lowest BCUT2D eigenvalue weighted by molar-refractivity contribution is -0.141. The molecule has 1 atom stereocenters. The van der Waals surface area contributed by atoms with E-state index in [0.717, 1.165) is 16.0 Å². The number of anilines is 3. The maximum absolute atomic E-state index is 13.8. The molecular weight excluding hydrogens is 771 g/mol. The van der Waals surface area contributed by atoms with Crippen LogP contribution in [0, 0.1) is 6.92 Å². The molecule has 0 spiro atoms. The van der Waals surface area contributed by atoms with Gasteiger partial charge in [0.25, 0.3) is 23.6 Å². The minimum atomic E-state index is -1.46. The summed E-state index contributed by atoms with van der Waals surface area (Å²) in [6, 6.07) is 17.4. The molecule has 2 fully saturated rings. The van der Waals surface area contributed by atoms with Crippen molar-refractivity contribution in [1.29, 1.82) is 0 Å². The summed E-state index contributed by atoms with van der Waals surface area (Å²) < 4.78 is 22.8. The third-order valence-corrected chi connectivity index (χ3v) is 11.0. The van der Waals surface area contributed by atoms with Gasteiger partial charge in [0.05, 0.1) is 56.5 Å². The molecule has 15 heteroatoms. The first-order valence-corrected chi connectivity index (χ1v) is 20.3. The lowest BCUT2D eigenvalue weighted by Gasteiger charge is -2.38. The average Bonchev–Trinajstić information content (AvgIpc) is 3.56. The number of amides is 7. The molecule has 3 aliphatic rings. The number of hydrogen-bond acceptors (Lipinski definition) is 11. The predicted octanol–water partition coefficient (Wildman–Crippen LogP) is 5.77. The number of nitrogens with zero attached hydrogens (tertiary/aromatic N) is 3. The Kier molecular flexibility index (Phi) is 13.1. The molecule has 3 aromatic carbocycles. The zero-order valence-electron chi connectivity index (χ0n) is 35.5. The quantitative estimate of drug-likeness (QED) is 0.0907. The lowest BCUT2D eigenvalue weighted by atomic mass is 9.84. The van der Waals surface area contributed by atoms with E-state index in [1.54, 1.807) is 56.3 Å². The van der Waals surface area contributed by atoms with Crippen LogP contribution in [0.15, 0.2) is 60.7 Å². The van der Waals surface area contributed by atoms with Crippen molar-refractivity contribution in [3.8, 4) is 5.75 Å². The van der Waals surface area contributed by atoms with Crippen LogP contribution in [0.1, 0.15) is 92.6 Å². The molecule has 15 nitrogen and oxygen atoms in total. The Bertz CT molecular complexity index is 2150. The number of hydrogen-bond donors (Lipinski definition) is 2. The van der Waals surface area contributed by atoms with Crippen LogP contribution in [0.5, 0.6) is 5.75 Å². The molecule has 2 N–H and O–H groups in total. The number of benzene rings is 3. The van der Waals surface area contributed by atoms with Crippen LogP contribution in [0.4, 0.5) is 21.9 Å². The maximum Gasteiger partial charge on any atom is 0.336 e. The third-order valence-electron chi connectivity index (χ3n) is 11.0. The number of piperidine rings is 1. The first-order chi connectivity index (χ1) is 28.5. The van der Waals surface area contributed by atoms with E-state index in [-0.39, 0.29) is 35.3 Å². The van der Waals surface area contributed by atoms with E-state index in [0.29, 0.717) is 82.0 Å². The number of ether oxygens (including phenoxy) is 4. The molecular formula is C45H55N5O10. The molecule has 3 heterocycles. The molecule has 2 saturated heterocycles. The number of nitrogens with one attached hydrogen (secondary N) is 2. The Morgan fingerprint density at radius 2 is 1.40 bits per heavy atom. The van der Waals surface area contributed by atoms with Crippen molar-refractivity contribution in [3.05, 3.63) is 82.9 Å². The van der Waals surface area contributed by atoms with Gasteiger partial charge in [0.2, 0.25) is 5.91 Å². The second-order valence-corrected chi connectivity index (χ2v) is 16.9. The number of carbonyl (C=O) groups excluding carboxylic acids is 6. The number of fused-ring (bicyclic) bond motifs is 1. The van der Waals surface area contributed by atoms with Crippen molar-refractivity contribution in [2.24, 2.45) is 0 Å². The first kappa shape index (κ1) is 43.9. The minimum absolute atomic E-state index is 0.0355. The zero-order chi connectivity index (χ0) is 43.4. The Hall–Kier alpha value is -5.64. The fourth-order valence-electron chi connectivity index (χ4n) is 7.74. The van der Waals surface area contributed by atoms with Crippen molar-refractivity contribution in [2.45, 2.75) is 84.2 Å². The smallest absolute Gasteiger partial charge is 0.336 e. The van der Waals surface area contributed by atoms with Gasteiger partial charge < -0.3 is 24.3 Å². The highest BCUT2D eigenvalue weighted by Crippen LogP contribution is 2.39. The summed E-state index contributed by atoms with van der Waals surface area (Å²) in [6.07, 6.45) is 0.752. The molecule has 60 heavy (non-hydrogen) atoms. The number of rotatable bonds is 18. The van der Waals surface area contributed by atoms with E-state index in [2.05, 4.69) is 31.4 Å². The van der Waals surface area contributed by atoms with Crippen LogP contribution in [0.3, 0.4) is 0 Å². The Morgan fingerprint density at radius 1 is 0.750 bits per heavy atom. The summed E-state index contributed by atoms with van der Waals surface area (Å²) in [5, 5.41) is 5.39. The maximum atomic E-state index is 13.8. The summed E-state index contributed by atoms with van der Waals surface area (Å²) in [7, 11) is 0. The highest BCUT2D eigenvalue weighted by atomic mass is 16.5. The molecule has 6 rings (SSSR count). The topological polar surface area (TPSA) is 173 Å². The van der Waals surface area contributed by atoms with Crippen LogP contribution < -0.4 is 25.2 Å². The minimum Gasteiger partial charge on any atom is -0.494 e. The van der Waals surface area contributed by atoms with Gasteiger partial charge >= 0.3 is 6.03 Å². The van der Waals surface area contributed by atoms with Gasteiger partial charge in [-0.1, -0.05) is 32.9 Å². The van der Waals surface area contributed by atoms with Gasteiger partial charge in [0, 0.05) is 37.4 Å². The van der Waals surface area contributed by atoms with E-state index in [1.165, 1.54) is 16.7 Å². The van der Waals surface area contributed by atoms with Gasteiger partial charge in [-0.3, -0.25) is 39.1 Å². The molecule has 1 unspecified atom stereocenters. The van der Waals surface area contributed by atoms with Crippen LogP contribution in [-0.2, 0) is 34.0 Å². The summed E-state index contributed by atoms with van der Waals surface area (Å²) in [4.78, 5) is 82.1. The van der Waals surface area contributed by atoms with E-state index < -0.39 is 40.7 Å². The normalized spacial score (nSPS) is 19.0. The lowest BCUT2D eigenvalue weighted by Crippen LogP contribution is -2.62. The highest BCUT2D eigenvalue weighted by molar-refractivity contribution is 6.30. The summed E-state index contributed by atoms with van der Waals surface area (Å²) >= 11 is 0. The Labute approximate surface area is 350 Å². The number of aryl methyl sites for hydroxylation is 1. The summed E-state index contributed by atoms with van der Waals surface area (Å²) in [5.41, 5.74) is 1.52. The molecule has 0 radical (unpaired) electrons. The monoisotopic (exact) mass is 825 g/mol. The van der Waals surface area contributed by atoms with Crippen molar-refractivity contribution >= 4 is 52.6 Å². The van der Waals surface area contributed by atoms with Crippen molar-refractivity contribution in [1.82, 2.24) is 10.2 Å². The van der Waals surface area contributed by atoms with E-state index in [4.69, 9.17) is 18.9 Å². The molecule has 0 aliphatic carbocycles. The Morgan fingerprint density at radius 3 is 2.07 bits per heavy atom.